The van der Waals surface area contributed by atoms with E-state index in [2.05, 4.69) is 5.32 Å². The average Bonchev–Trinajstić information content (AvgIpc) is 3.34. The number of aryl methyl sites for hydroxylation is 1. The van der Waals surface area contributed by atoms with E-state index in [1.54, 1.807) is 12.1 Å². The molecule has 1 aliphatic carbocycles. The van der Waals surface area contributed by atoms with Crippen molar-refractivity contribution in [1.29, 1.82) is 0 Å². The Labute approximate surface area is 225 Å². The molecule has 0 saturated heterocycles. The first-order valence-electron chi connectivity index (χ1n) is 12.5. The molecule has 0 spiro atoms. The zero-order valence-electron chi connectivity index (χ0n) is 21.9. The van der Waals surface area contributed by atoms with Gasteiger partial charge in [0.2, 0.25) is 21.8 Å². The lowest BCUT2D eigenvalue weighted by Gasteiger charge is -2.33. The molecule has 8 nitrogen and oxygen atoms in total. The van der Waals surface area contributed by atoms with Crippen LogP contribution in [0.1, 0.15) is 50.2 Å². The Morgan fingerprint density at radius 1 is 1.16 bits per heavy atom. The minimum absolute atomic E-state index is 0.0979. The third-order valence-electron chi connectivity index (χ3n) is 6.61. The van der Waals surface area contributed by atoms with Crippen LogP contribution in [0, 0.1) is 6.92 Å². The van der Waals surface area contributed by atoms with Crippen LogP contribution >= 0.6 is 11.6 Å². The standard InChI is InChI=1S/C27H36ClN3O5S/c1-5-23(27(33)29-22-11-6-7-12-22)30(17-20-10-8-9-19(2)15-20)26(32)18-31(37(4,34)35)24-16-21(28)13-14-25(24)36-3/h8-10,13-16,22-23H,5-7,11-12,17-18H2,1-4H3,(H,29,33)/t23-/m0/s1. The summed E-state index contributed by atoms with van der Waals surface area (Å²) < 4.78 is 32.0. The summed E-state index contributed by atoms with van der Waals surface area (Å²) in [5, 5.41) is 3.40. The van der Waals surface area contributed by atoms with Gasteiger partial charge in [0, 0.05) is 17.6 Å². The highest BCUT2D eigenvalue weighted by Gasteiger charge is 2.33. The van der Waals surface area contributed by atoms with Crippen LogP contribution in [0.4, 0.5) is 5.69 Å². The molecule has 0 radical (unpaired) electrons. The molecule has 1 fully saturated rings. The quantitative estimate of drug-likeness (QED) is 0.451. The van der Waals surface area contributed by atoms with Gasteiger partial charge in [0.25, 0.3) is 0 Å². The molecule has 202 valence electrons. The van der Waals surface area contributed by atoms with Gasteiger partial charge in [-0.15, -0.1) is 0 Å². The molecule has 0 aliphatic heterocycles. The largest absolute Gasteiger partial charge is 0.495 e. The van der Waals surface area contributed by atoms with Crippen LogP contribution in [-0.2, 0) is 26.2 Å². The van der Waals surface area contributed by atoms with E-state index < -0.39 is 28.5 Å². The van der Waals surface area contributed by atoms with Crippen molar-refractivity contribution < 1.29 is 22.7 Å². The number of benzene rings is 2. The third-order valence-corrected chi connectivity index (χ3v) is 7.97. The van der Waals surface area contributed by atoms with E-state index in [-0.39, 0.29) is 29.9 Å². The molecule has 1 saturated carbocycles. The second-order valence-electron chi connectivity index (χ2n) is 9.51. The molecule has 2 aromatic rings. The van der Waals surface area contributed by atoms with Gasteiger partial charge in [-0.3, -0.25) is 13.9 Å². The summed E-state index contributed by atoms with van der Waals surface area (Å²) in [4.78, 5) is 28.7. The fourth-order valence-corrected chi connectivity index (χ4v) is 5.76. The van der Waals surface area contributed by atoms with E-state index in [1.807, 2.05) is 38.1 Å². The lowest BCUT2D eigenvalue weighted by atomic mass is 10.1. The summed E-state index contributed by atoms with van der Waals surface area (Å²) in [6.07, 6.45) is 5.39. The summed E-state index contributed by atoms with van der Waals surface area (Å²) in [6, 6.07) is 11.6. The third kappa shape index (κ3) is 7.61. The highest BCUT2D eigenvalue weighted by Crippen LogP contribution is 2.33. The highest BCUT2D eigenvalue weighted by molar-refractivity contribution is 7.92. The highest BCUT2D eigenvalue weighted by atomic mass is 35.5. The predicted molar refractivity (Wildman–Crippen MR) is 146 cm³/mol. The molecule has 37 heavy (non-hydrogen) atoms. The molecule has 1 atom stereocenters. The van der Waals surface area contributed by atoms with Crippen LogP contribution in [0.3, 0.4) is 0 Å². The molecule has 0 aromatic heterocycles. The number of rotatable bonds is 11. The Morgan fingerprint density at radius 3 is 2.46 bits per heavy atom. The van der Waals surface area contributed by atoms with Gasteiger partial charge in [-0.25, -0.2) is 8.42 Å². The summed E-state index contributed by atoms with van der Waals surface area (Å²) in [5.41, 5.74) is 2.03. The number of nitrogens with one attached hydrogen (secondary N) is 1. The summed E-state index contributed by atoms with van der Waals surface area (Å²) in [7, 11) is -2.48. The van der Waals surface area contributed by atoms with Crippen LogP contribution < -0.4 is 14.4 Å². The molecule has 10 heteroatoms. The number of nitrogens with zero attached hydrogens (tertiary/aromatic N) is 2. The van der Waals surface area contributed by atoms with E-state index in [0.717, 1.165) is 47.4 Å². The van der Waals surface area contributed by atoms with Crippen molar-refractivity contribution in [3.8, 4) is 5.75 Å². The number of carbonyl (C=O) groups excluding carboxylic acids is 2. The van der Waals surface area contributed by atoms with Crippen molar-refractivity contribution in [1.82, 2.24) is 10.2 Å². The van der Waals surface area contributed by atoms with Crippen molar-refractivity contribution in [3.63, 3.8) is 0 Å². The Balaban J connectivity index is 1.97. The van der Waals surface area contributed by atoms with Crippen LogP contribution in [0.25, 0.3) is 0 Å². The smallest absolute Gasteiger partial charge is 0.244 e. The first-order chi connectivity index (χ1) is 17.5. The molecule has 2 amide bonds. The molecular formula is C27H36ClN3O5S. The maximum Gasteiger partial charge on any atom is 0.244 e. The lowest BCUT2D eigenvalue weighted by molar-refractivity contribution is -0.140. The molecule has 3 rings (SSSR count). The van der Waals surface area contributed by atoms with E-state index >= 15 is 0 Å². The number of hydrogen-bond acceptors (Lipinski definition) is 5. The number of sulfonamides is 1. The molecule has 0 unspecified atom stereocenters. The Hall–Kier alpha value is -2.78. The van der Waals surface area contributed by atoms with Gasteiger partial charge in [0.1, 0.15) is 18.3 Å². The van der Waals surface area contributed by atoms with Gasteiger partial charge in [-0.1, -0.05) is 61.2 Å². The number of ether oxygens (including phenoxy) is 1. The number of amides is 2. The maximum absolute atomic E-state index is 13.9. The Morgan fingerprint density at radius 2 is 1.86 bits per heavy atom. The van der Waals surface area contributed by atoms with Crippen LogP contribution in [0.15, 0.2) is 42.5 Å². The molecule has 2 aromatic carbocycles. The van der Waals surface area contributed by atoms with Crippen molar-refractivity contribution in [2.75, 3.05) is 24.2 Å². The van der Waals surface area contributed by atoms with Gasteiger partial charge < -0.3 is 15.0 Å². The first kappa shape index (κ1) is 28.8. The van der Waals surface area contributed by atoms with Crippen molar-refractivity contribution in [3.05, 3.63) is 58.6 Å². The van der Waals surface area contributed by atoms with Crippen molar-refractivity contribution >= 4 is 39.1 Å². The number of halogens is 1. The van der Waals surface area contributed by atoms with Crippen molar-refractivity contribution in [2.24, 2.45) is 0 Å². The molecule has 1 aliphatic rings. The number of methoxy groups -OCH3 is 1. The molecular weight excluding hydrogens is 514 g/mol. The van der Waals surface area contributed by atoms with Crippen LogP contribution in [0.2, 0.25) is 5.02 Å². The summed E-state index contributed by atoms with van der Waals surface area (Å²) in [5.74, 6) is -0.456. The topological polar surface area (TPSA) is 96.0 Å². The normalized spacial score (nSPS) is 14.7. The Kier molecular flexibility index (Phi) is 9.84. The fourth-order valence-electron chi connectivity index (χ4n) is 4.75. The van der Waals surface area contributed by atoms with Crippen LogP contribution in [-0.4, -0.2) is 57.1 Å². The average molecular weight is 550 g/mol. The molecule has 1 N–H and O–H groups in total. The molecule has 0 bridgehead atoms. The Bertz CT molecular complexity index is 1210. The van der Waals surface area contributed by atoms with Crippen molar-refractivity contribution in [2.45, 2.75) is 64.6 Å². The lowest BCUT2D eigenvalue weighted by Crippen LogP contribution is -2.53. The molecule has 0 heterocycles. The van der Waals surface area contributed by atoms with Gasteiger partial charge in [-0.05, 0) is 49.9 Å². The van der Waals surface area contributed by atoms with Gasteiger partial charge >= 0.3 is 0 Å². The van der Waals surface area contributed by atoms with Crippen LogP contribution in [0.5, 0.6) is 5.75 Å². The minimum Gasteiger partial charge on any atom is -0.495 e. The minimum atomic E-state index is -3.90. The van der Waals surface area contributed by atoms with E-state index in [9.17, 15) is 18.0 Å². The summed E-state index contributed by atoms with van der Waals surface area (Å²) >= 11 is 6.16. The van der Waals surface area contributed by atoms with E-state index in [1.165, 1.54) is 18.1 Å². The number of carbonyl (C=O) groups is 2. The van der Waals surface area contributed by atoms with Gasteiger partial charge in [0.15, 0.2) is 0 Å². The predicted octanol–water partition coefficient (Wildman–Crippen LogP) is 4.29. The van der Waals surface area contributed by atoms with Gasteiger partial charge in [-0.2, -0.15) is 0 Å². The number of hydrogen-bond donors (Lipinski definition) is 1. The maximum atomic E-state index is 13.9. The second kappa shape index (κ2) is 12.6. The second-order valence-corrected chi connectivity index (χ2v) is 11.9. The van der Waals surface area contributed by atoms with E-state index in [0.29, 0.717) is 11.4 Å². The fraction of sp³-hybridized carbons (Fsp3) is 0.481. The number of anilines is 1. The first-order valence-corrected chi connectivity index (χ1v) is 14.7. The van der Waals surface area contributed by atoms with E-state index in [4.69, 9.17) is 16.3 Å². The SMILES string of the molecule is CC[C@@H](C(=O)NC1CCCC1)N(Cc1cccc(C)c1)C(=O)CN(c1cc(Cl)ccc1OC)S(C)(=O)=O. The zero-order valence-corrected chi connectivity index (χ0v) is 23.4. The summed E-state index contributed by atoms with van der Waals surface area (Å²) in [6.45, 7) is 3.47. The van der Waals surface area contributed by atoms with Gasteiger partial charge in [0.05, 0.1) is 19.1 Å². The monoisotopic (exact) mass is 549 g/mol. The zero-order chi connectivity index (χ0) is 27.2.